The van der Waals surface area contributed by atoms with Gasteiger partial charge in [-0.3, -0.25) is 13.7 Å². The zero-order chi connectivity index (χ0) is 27.1. The van der Waals surface area contributed by atoms with E-state index >= 15 is 0 Å². The van der Waals surface area contributed by atoms with E-state index in [9.17, 15) is 9.00 Å². The van der Waals surface area contributed by atoms with E-state index in [-0.39, 0.29) is 17.2 Å². The molecule has 204 valence electrons. The van der Waals surface area contributed by atoms with Crippen LogP contribution in [0.5, 0.6) is 0 Å². The third-order valence-corrected chi connectivity index (χ3v) is 12.3. The molecule has 0 aliphatic carbocycles. The van der Waals surface area contributed by atoms with Crippen LogP contribution in [-0.4, -0.2) is 39.9 Å². The Balaban J connectivity index is 2.23. The molecule has 2 aromatic rings. The van der Waals surface area contributed by atoms with E-state index in [1.54, 1.807) is 0 Å². The molecule has 6 heteroatoms. The molecule has 0 radical (unpaired) electrons. The minimum atomic E-state index is -1.54. The number of hydrogen-bond donors (Lipinski definition) is 1. The number of amides is 1. The van der Waals surface area contributed by atoms with Crippen molar-refractivity contribution in [3.63, 3.8) is 0 Å². The molecule has 3 atom stereocenters. The van der Waals surface area contributed by atoms with Gasteiger partial charge in [0.05, 0.1) is 27.3 Å². The second-order valence-electron chi connectivity index (χ2n) is 9.91. The van der Waals surface area contributed by atoms with Gasteiger partial charge in [0.1, 0.15) is 0 Å². The number of rotatable bonds is 16. The molecule has 0 saturated heterocycles. The molecule has 4 nitrogen and oxygen atoms in total. The van der Waals surface area contributed by atoms with E-state index in [1.165, 1.54) is 57.0 Å². The highest BCUT2D eigenvalue weighted by Gasteiger charge is 2.21. The first-order valence-corrected chi connectivity index (χ1v) is 17.5. The summed E-state index contributed by atoms with van der Waals surface area (Å²) in [5.41, 5.74) is 1.49. The Morgan fingerprint density at radius 3 is 1.97 bits per heavy atom. The van der Waals surface area contributed by atoms with Crippen LogP contribution in [0.4, 0.5) is 5.69 Å². The van der Waals surface area contributed by atoms with Crippen molar-refractivity contribution in [3.8, 4) is 0 Å². The van der Waals surface area contributed by atoms with E-state index in [4.69, 9.17) is 4.74 Å². The number of benzene rings is 2. The third kappa shape index (κ3) is 10.4. The summed E-state index contributed by atoms with van der Waals surface area (Å²) in [4.78, 5) is 14.2. The minimum absolute atomic E-state index is 0.104. The van der Waals surface area contributed by atoms with Crippen molar-refractivity contribution in [3.05, 3.63) is 72.3 Å². The summed E-state index contributed by atoms with van der Waals surface area (Å²) >= 11 is 0. The molecule has 1 N–H and O–H groups in total. The van der Waals surface area contributed by atoms with Crippen molar-refractivity contribution in [1.29, 1.82) is 0 Å². The van der Waals surface area contributed by atoms with Gasteiger partial charge in [-0.05, 0) is 82.9 Å². The fourth-order valence-electron chi connectivity index (χ4n) is 4.32. The van der Waals surface area contributed by atoms with Gasteiger partial charge in [0.15, 0.2) is 0 Å². The lowest BCUT2D eigenvalue weighted by Gasteiger charge is -2.25. The van der Waals surface area contributed by atoms with Crippen LogP contribution in [0, 0.1) is 0 Å². The molecule has 0 aliphatic rings. The normalized spacial score (nSPS) is 14.3. The maximum absolute atomic E-state index is 13.4. The molecule has 0 aromatic heterocycles. The largest absolute Gasteiger partial charge is 0.346 e. The SMILES string of the molecule is CCCCP(CCCC)(CCCC)=Nc1ccccc1C(=O)NC(C)/C=C\C(C)S(=O)c1ccccc1. The molecule has 0 saturated carbocycles. The van der Waals surface area contributed by atoms with Crippen LogP contribution in [-0.2, 0) is 10.8 Å². The summed E-state index contributed by atoms with van der Waals surface area (Å²) in [6, 6.07) is 17.1. The van der Waals surface area contributed by atoms with E-state index in [0.29, 0.717) is 5.56 Å². The van der Waals surface area contributed by atoms with Crippen molar-refractivity contribution >= 4 is 29.4 Å². The average Bonchev–Trinajstić information content (AvgIpc) is 2.92. The summed E-state index contributed by atoms with van der Waals surface area (Å²) in [6.07, 6.45) is 14.5. The monoisotopic (exact) mass is 542 g/mol. The van der Waals surface area contributed by atoms with E-state index in [2.05, 4.69) is 26.1 Å². The Bertz CT molecular complexity index is 1040. The third-order valence-electron chi connectivity index (χ3n) is 6.59. The number of hydrogen-bond acceptors (Lipinski definition) is 3. The van der Waals surface area contributed by atoms with Crippen molar-refractivity contribution in [2.45, 2.75) is 89.3 Å². The van der Waals surface area contributed by atoms with Crippen LogP contribution in [0.2, 0.25) is 0 Å². The molecule has 37 heavy (non-hydrogen) atoms. The van der Waals surface area contributed by atoms with Gasteiger partial charge in [0, 0.05) is 10.9 Å². The van der Waals surface area contributed by atoms with Crippen LogP contribution in [0.15, 0.2) is 76.4 Å². The second kappa shape index (κ2) is 16.8. The van der Waals surface area contributed by atoms with Crippen molar-refractivity contribution in [2.75, 3.05) is 18.5 Å². The standard InChI is InChI=1S/C31H47N2O2PS/c1-6-9-23-36(24-10-7-2,25-11-8-3)33-30-20-16-15-19-29(30)31(34)32-26(4)21-22-27(5)37(35)28-17-13-12-14-18-28/h12-22,26-27H,6-11,23-25H2,1-5H3,(H,32,34)/b22-21-. The first-order chi connectivity index (χ1) is 17.9. The highest BCUT2D eigenvalue weighted by Crippen LogP contribution is 2.54. The fourth-order valence-corrected chi connectivity index (χ4v) is 9.73. The summed E-state index contributed by atoms with van der Waals surface area (Å²) in [6.45, 7) is 10.6. The molecule has 3 unspecified atom stereocenters. The van der Waals surface area contributed by atoms with Crippen molar-refractivity contribution < 1.29 is 9.00 Å². The Morgan fingerprint density at radius 2 is 1.41 bits per heavy atom. The molecule has 2 rings (SSSR count). The first kappa shape index (κ1) is 31.2. The number of nitrogens with zero attached hydrogens (tertiary/aromatic N) is 1. The van der Waals surface area contributed by atoms with Gasteiger partial charge in [-0.15, -0.1) is 0 Å². The summed E-state index contributed by atoms with van der Waals surface area (Å²) in [5, 5.41) is 2.97. The Hall–Kier alpha value is -1.97. The number of nitrogens with one attached hydrogen (secondary N) is 1. The second-order valence-corrected chi connectivity index (χ2v) is 15.4. The molecular weight excluding hydrogens is 495 g/mol. The Labute approximate surface area is 228 Å². The maximum Gasteiger partial charge on any atom is 0.253 e. The lowest BCUT2D eigenvalue weighted by molar-refractivity contribution is 0.0947. The smallest absolute Gasteiger partial charge is 0.253 e. The molecular formula is C31H47N2O2PS. The predicted molar refractivity (Wildman–Crippen MR) is 163 cm³/mol. The molecule has 2 aromatic carbocycles. The highest BCUT2D eigenvalue weighted by molar-refractivity contribution is 7.85. The molecule has 0 aliphatic heterocycles. The summed E-state index contributed by atoms with van der Waals surface area (Å²) in [7, 11) is -2.67. The van der Waals surface area contributed by atoms with E-state index in [1.807, 2.05) is 80.6 Å². The molecule has 1 amide bonds. The summed E-state index contributed by atoms with van der Waals surface area (Å²) < 4.78 is 18.2. The van der Waals surface area contributed by atoms with Gasteiger partial charge >= 0.3 is 0 Å². The lowest BCUT2D eigenvalue weighted by atomic mass is 10.1. The van der Waals surface area contributed by atoms with Gasteiger partial charge in [0.2, 0.25) is 0 Å². The number of carbonyl (C=O) groups is 1. The van der Waals surface area contributed by atoms with Gasteiger partial charge in [0.25, 0.3) is 5.91 Å². The summed E-state index contributed by atoms with van der Waals surface area (Å²) in [5.74, 6) is -0.104. The van der Waals surface area contributed by atoms with Crippen LogP contribution < -0.4 is 5.32 Å². The molecule has 0 fully saturated rings. The first-order valence-electron chi connectivity index (χ1n) is 14.0. The quantitative estimate of drug-likeness (QED) is 0.170. The lowest BCUT2D eigenvalue weighted by Crippen LogP contribution is -2.31. The van der Waals surface area contributed by atoms with Gasteiger partial charge in [-0.2, -0.15) is 0 Å². The minimum Gasteiger partial charge on any atom is -0.346 e. The van der Waals surface area contributed by atoms with Gasteiger partial charge in [-0.1, -0.05) is 82.5 Å². The fraction of sp³-hybridized carbons (Fsp3) is 0.516. The van der Waals surface area contributed by atoms with Crippen LogP contribution in [0.25, 0.3) is 0 Å². The van der Waals surface area contributed by atoms with Crippen molar-refractivity contribution in [1.82, 2.24) is 5.32 Å². The molecule has 0 bridgehead atoms. The zero-order valence-corrected chi connectivity index (χ0v) is 25.2. The predicted octanol–water partition coefficient (Wildman–Crippen LogP) is 8.79. The Kier molecular flexibility index (Phi) is 14.2. The van der Waals surface area contributed by atoms with Gasteiger partial charge < -0.3 is 5.32 Å². The van der Waals surface area contributed by atoms with Gasteiger partial charge in [-0.25, -0.2) is 0 Å². The highest BCUT2D eigenvalue weighted by atomic mass is 32.2. The maximum atomic E-state index is 13.4. The number of carbonyl (C=O) groups excluding carboxylic acids is 1. The van der Waals surface area contributed by atoms with Crippen LogP contribution >= 0.6 is 7.05 Å². The topological polar surface area (TPSA) is 58.5 Å². The van der Waals surface area contributed by atoms with E-state index in [0.717, 1.165) is 10.6 Å². The average molecular weight is 543 g/mol. The Morgan fingerprint density at radius 1 is 0.865 bits per heavy atom. The van der Waals surface area contributed by atoms with Crippen LogP contribution in [0.1, 0.15) is 83.5 Å². The molecule has 0 heterocycles. The number of unbranched alkanes of at least 4 members (excludes halogenated alkanes) is 3. The zero-order valence-electron chi connectivity index (χ0n) is 23.5. The van der Waals surface area contributed by atoms with E-state index < -0.39 is 17.9 Å². The van der Waals surface area contributed by atoms with Crippen LogP contribution in [0.3, 0.4) is 0 Å². The van der Waals surface area contributed by atoms with Crippen molar-refractivity contribution in [2.24, 2.45) is 4.74 Å². The molecule has 0 spiro atoms.